The molecule has 2 aromatic carbocycles. The minimum Gasteiger partial charge on any atom is -0.395 e. The number of fused-ring (bicyclic) bond motifs is 1. The molecule has 2 aliphatic heterocycles. The van der Waals surface area contributed by atoms with Gasteiger partial charge in [-0.1, -0.05) is 18.2 Å². The topological polar surface area (TPSA) is 67.9 Å². The van der Waals surface area contributed by atoms with E-state index in [4.69, 9.17) is 0 Å². The van der Waals surface area contributed by atoms with Crippen molar-refractivity contribution in [1.29, 1.82) is 0 Å². The third-order valence-corrected chi connectivity index (χ3v) is 5.20. The van der Waals surface area contributed by atoms with Crippen molar-refractivity contribution < 1.29 is 27.8 Å². The van der Waals surface area contributed by atoms with Gasteiger partial charge < -0.3 is 19.7 Å². The Labute approximate surface area is 166 Å². The Hall–Kier alpha value is -3.16. The Bertz CT molecular complexity index is 955. The van der Waals surface area contributed by atoms with Crippen LogP contribution in [0.5, 0.6) is 11.5 Å². The lowest BCUT2D eigenvalue weighted by atomic mass is 9.95. The number of hydrogen-bond acceptors (Lipinski definition) is 4. The van der Waals surface area contributed by atoms with Crippen LogP contribution in [0.1, 0.15) is 28.8 Å². The maximum Gasteiger partial charge on any atom is 0.586 e. The molecule has 0 radical (unpaired) electrons. The van der Waals surface area contributed by atoms with Crippen molar-refractivity contribution in [3.05, 3.63) is 53.6 Å². The number of carbonyl (C=O) groups is 2. The van der Waals surface area contributed by atoms with E-state index in [1.54, 1.807) is 11.0 Å². The van der Waals surface area contributed by atoms with E-state index in [1.807, 2.05) is 25.1 Å². The van der Waals surface area contributed by atoms with Gasteiger partial charge in [-0.2, -0.15) is 0 Å². The summed E-state index contributed by atoms with van der Waals surface area (Å²) in [6, 6.07) is 11.6. The molecular weight excluding hydrogens is 382 g/mol. The highest BCUT2D eigenvalue weighted by Crippen LogP contribution is 2.42. The molecule has 8 heteroatoms. The summed E-state index contributed by atoms with van der Waals surface area (Å²) < 4.78 is 35.0. The Balaban J connectivity index is 1.34. The molecule has 2 amide bonds. The van der Waals surface area contributed by atoms with E-state index in [0.29, 0.717) is 37.2 Å². The van der Waals surface area contributed by atoms with Gasteiger partial charge in [0.1, 0.15) is 0 Å². The minimum atomic E-state index is -3.69. The summed E-state index contributed by atoms with van der Waals surface area (Å²) in [5, 5.41) is 2.73. The lowest BCUT2D eigenvalue weighted by Crippen LogP contribution is -2.41. The summed E-state index contributed by atoms with van der Waals surface area (Å²) in [6.45, 7) is 2.87. The van der Waals surface area contributed by atoms with Crippen molar-refractivity contribution >= 4 is 17.5 Å². The summed E-state index contributed by atoms with van der Waals surface area (Å²) in [6.07, 6.45) is -2.63. The van der Waals surface area contributed by atoms with Crippen LogP contribution in [0, 0.1) is 12.8 Å². The molecule has 0 bridgehead atoms. The molecule has 0 atom stereocenters. The number of alkyl halides is 2. The van der Waals surface area contributed by atoms with E-state index < -0.39 is 6.29 Å². The van der Waals surface area contributed by atoms with Crippen molar-refractivity contribution in [2.75, 3.05) is 18.4 Å². The van der Waals surface area contributed by atoms with E-state index in [1.165, 1.54) is 18.2 Å². The van der Waals surface area contributed by atoms with Gasteiger partial charge in [-0.3, -0.25) is 9.59 Å². The molecular formula is C21H20F2N2O4. The monoisotopic (exact) mass is 402 g/mol. The van der Waals surface area contributed by atoms with Crippen molar-refractivity contribution in [3.63, 3.8) is 0 Å². The van der Waals surface area contributed by atoms with Gasteiger partial charge in [0, 0.05) is 36.3 Å². The molecule has 0 spiro atoms. The summed E-state index contributed by atoms with van der Waals surface area (Å²) in [5.74, 6) is -0.692. The van der Waals surface area contributed by atoms with Crippen LogP contribution in [-0.4, -0.2) is 36.1 Å². The number of nitrogens with zero attached hydrogens (tertiary/aromatic N) is 1. The molecule has 6 nitrogen and oxygen atoms in total. The highest BCUT2D eigenvalue weighted by atomic mass is 19.3. The van der Waals surface area contributed by atoms with Crippen LogP contribution < -0.4 is 14.8 Å². The van der Waals surface area contributed by atoms with Crippen LogP contribution in [0.25, 0.3) is 0 Å². The molecule has 4 rings (SSSR count). The Morgan fingerprint density at radius 3 is 2.48 bits per heavy atom. The van der Waals surface area contributed by atoms with Gasteiger partial charge in [0.15, 0.2) is 11.5 Å². The second-order valence-corrected chi connectivity index (χ2v) is 7.20. The SMILES string of the molecule is Cc1ccccc1C(=O)N1CCC(C(=O)Nc2ccc3c(c2)OC(F)(F)O3)CC1. The smallest absolute Gasteiger partial charge is 0.395 e. The maximum absolute atomic E-state index is 13.1. The predicted molar refractivity (Wildman–Crippen MR) is 101 cm³/mol. The number of carbonyl (C=O) groups excluding carboxylic acids is 2. The molecule has 0 unspecified atom stereocenters. The summed E-state index contributed by atoms with van der Waals surface area (Å²) >= 11 is 0. The fourth-order valence-electron chi connectivity index (χ4n) is 3.60. The van der Waals surface area contributed by atoms with Crippen LogP contribution in [0.3, 0.4) is 0 Å². The van der Waals surface area contributed by atoms with E-state index >= 15 is 0 Å². The van der Waals surface area contributed by atoms with E-state index in [-0.39, 0.29) is 29.2 Å². The zero-order valence-electron chi connectivity index (χ0n) is 15.8. The highest BCUT2D eigenvalue weighted by Gasteiger charge is 2.43. The van der Waals surface area contributed by atoms with Crippen LogP contribution in [-0.2, 0) is 4.79 Å². The lowest BCUT2D eigenvalue weighted by molar-refractivity contribution is -0.286. The molecule has 2 aromatic rings. The number of anilines is 1. The minimum absolute atomic E-state index is 0.0290. The van der Waals surface area contributed by atoms with E-state index in [9.17, 15) is 18.4 Å². The molecule has 0 saturated carbocycles. The first-order valence-corrected chi connectivity index (χ1v) is 9.38. The molecule has 0 aliphatic carbocycles. The molecule has 2 heterocycles. The number of hydrogen-bond donors (Lipinski definition) is 1. The Morgan fingerprint density at radius 1 is 1.07 bits per heavy atom. The van der Waals surface area contributed by atoms with Crippen molar-refractivity contribution in [2.45, 2.75) is 26.1 Å². The van der Waals surface area contributed by atoms with Gasteiger partial charge in [-0.15, -0.1) is 8.78 Å². The van der Waals surface area contributed by atoms with E-state index in [0.717, 1.165) is 5.56 Å². The number of amides is 2. The molecule has 1 saturated heterocycles. The summed E-state index contributed by atoms with van der Waals surface area (Å²) in [5.41, 5.74) is 1.95. The van der Waals surface area contributed by atoms with Crippen molar-refractivity contribution in [1.82, 2.24) is 4.90 Å². The number of halogens is 2. The molecule has 1 fully saturated rings. The molecule has 0 aromatic heterocycles. The molecule has 152 valence electrons. The van der Waals surface area contributed by atoms with Gasteiger partial charge >= 0.3 is 6.29 Å². The maximum atomic E-state index is 13.1. The number of ether oxygens (including phenoxy) is 2. The lowest BCUT2D eigenvalue weighted by Gasteiger charge is -2.31. The first-order chi connectivity index (χ1) is 13.8. The molecule has 29 heavy (non-hydrogen) atoms. The van der Waals surface area contributed by atoms with Crippen LogP contribution >= 0.6 is 0 Å². The summed E-state index contributed by atoms with van der Waals surface area (Å²) in [7, 11) is 0. The fourth-order valence-corrected chi connectivity index (χ4v) is 3.60. The van der Waals surface area contributed by atoms with Crippen LogP contribution in [0.15, 0.2) is 42.5 Å². The predicted octanol–water partition coefficient (Wildman–Crippen LogP) is 3.81. The number of benzene rings is 2. The van der Waals surface area contributed by atoms with Gasteiger partial charge in [0.25, 0.3) is 5.91 Å². The fraction of sp³-hybridized carbons (Fsp3) is 0.333. The first-order valence-electron chi connectivity index (χ1n) is 9.38. The number of rotatable bonds is 3. The second kappa shape index (κ2) is 7.35. The van der Waals surface area contributed by atoms with E-state index in [2.05, 4.69) is 14.8 Å². The van der Waals surface area contributed by atoms with Gasteiger partial charge in [-0.05, 0) is 43.5 Å². The average Bonchev–Trinajstić information content (AvgIpc) is 3.01. The molecule has 1 N–H and O–H groups in total. The van der Waals surface area contributed by atoms with Gasteiger partial charge in [0.2, 0.25) is 5.91 Å². The summed E-state index contributed by atoms with van der Waals surface area (Å²) in [4.78, 5) is 27.0. The third kappa shape index (κ3) is 4.01. The zero-order valence-corrected chi connectivity index (χ0v) is 15.8. The Morgan fingerprint density at radius 2 is 1.76 bits per heavy atom. The van der Waals surface area contributed by atoms with Gasteiger partial charge in [-0.25, -0.2) is 0 Å². The Kier molecular flexibility index (Phi) is 4.86. The number of aryl methyl sites for hydroxylation is 1. The van der Waals surface area contributed by atoms with Crippen molar-refractivity contribution in [3.8, 4) is 11.5 Å². The van der Waals surface area contributed by atoms with Crippen LogP contribution in [0.4, 0.5) is 14.5 Å². The zero-order chi connectivity index (χ0) is 20.6. The molecule has 2 aliphatic rings. The highest BCUT2D eigenvalue weighted by molar-refractivity contribution is 5.96. The van der Waals surface area contributed by atoms with Crippen LogP contribution in [0.2, 0.25) is 0 Å². The van der Waals surface area contributed by atoms with Gasteiger partial charge in [0.05, 0.1) is 0 Å². The largest absolute Gasteiger partial charge is 0.586 e. The number of nitrogens with one attached hydrogen (secondary N) is 1. The quantitative estimate of drug-likeness (QED) is 0.848. The van der Waals surface area contributed by atoms with Crippen molar-refractivity contribution in [2.24, 2.45) is 5.92 Å². The third-order valence-electron chi connectivity index (χ3n) is 5.20. The number of likely N-dealkylation sites (tertiary alicyclic amines) is 1. The average molecular weight is 402 g/mol. The standard InChI is InChI=1S/C21H20F2N2O4/c1-13-4-2-3-5-16(13)20(27)25-10-8-14(9-11-25)19(26)24-15-6-7-17-18(12-15)29-21(22,23)28-17/h2-7,12,14H,8-11H2,1H3,(H,24,26). The first kappa shape index (κ1) is 19.2. The second-order valence-electron chi connectivity index (χ2n) is 7.20. The number of piperidine rings is 1. The normalized spacial score (nSPS) is 17.8.